The van der Waals surface area contributed by atoms with E-state index in [1.54, 1.807) is 0 Å². The molecule has 2 unspecified atom stereocenters. The van der Waals surface area contributed by atoms with Gasteiger partial charge < -0.3 is 5.32 Å². The molecule has 0 spiro atoms. The van der Waals surface area contributed by atoms with E-state index in [1.165, 1.54) is 10.5 Å². The van der Waals surface area contributed by atoms with Crippen LogP contribution in [-0.4, -0.2) is 43.3 Å². The SMILES string of the molecule is CC(CCc1ccccc1)NCC1CCN(CC(F)(F)F)C1. The summed E-state index contributed by atoms with van der Waals surface area (Å²) in [6.07, 6.45) is -1.15. The number of rotatable bonds is 7. The third-order valence-corrected chi connectivity index (χ3v) is 4.24. The zero-order valence-corrected chi connectivity index (χ0v) is 13.1. The molecule has 5 heteroatoms. The minimum absolute atomic E-state index is 0.335. The van der Waals surface area contributed by atoms with Crippen LogP contribution in [0.1, 0.15) is 25.3 Å². The van der Waals surface area contributed by atoms with Crippen LogP contribution < -0.4 is 5.32 Å². The molecule has 0 bridgehead atoms. The first-order valence-electron chi connectivity index (χ1n) is 7.99. The standard InChI is InChI=1S/C17H25F3N2/c1-14(7-8-15-5-3-2-4-6-15)21-11-16-9-10-22(12-16)13-17(18,19)20/h2-6,14,16,21H,7-13H2,1H3. The number of hydrogen-bond donors (Lipinski definition) is 1. The zero-order valence-electron chi connectivity index (χ0n) is 13.1. The number of aryl methyl sites for hydroxylation is 1. The van der Waals surface area contributed by atoms with E-state index in [9.17, 15) is 13.2 Å². The molecule has 0 radical (unpaired) electrons. The van der Waals surface area contributed by atoms with Crippen molar-refractivity contribution >= 4 is 0 Å². The van der Waals surface area contributed by atoms with Crippen LogP contribution in [0, 0.1) is 5.92 Å². The summed E-state index contributed by atoms with van der Waals surface area (Å²) in [5.74, 6) is 0.335. The maximum atomic E-state index is 12.4. The van der Waals surface area contributed by atoms with Crippen molar-refractivity contribution in [2.45, 2.75) is 38.4 Å². The predicted molar refractivity (Wildman–Crippen MR) is 82.8 cm³/mol. The number of nitrogens with zero attached hydrogens (tertiary/aromatic N) is 1. The number of likely N-dealkylation sites (tertiary alicyclic amines) is 1. The summed E-state index contributed by atoms with van der Waals surface area (Å²) in [5, 5.41) is 3.47. The van der Waals surface area contributed by atoms with Crippen LogP contribution in [0.2, 0.25) is 0 Å². The molecule has 2 atom stereocenters. The lowest BCUT2D eigenvalue weighted by Crippen LogP contribution is -2.35. The Bertz CT molecular complexity index is 433. The lowest BCUT2D eigenvalue weighted by Gasteiger charge is -2.19. The summed E-state index contributed by atoms with van der Waals surface area (Å²) >= 11 is 0. The third kappa shape index (κ3) is 6.36. The number of nitrogens with one attached hydrogen (secondary N) is 1. The maximum absolute atomic E-state index is 12.4. The summed E-state index contributed by atoms with van der Waals surface area (Å²) in [5.41, 5.74) is 1.33. The first kappa shape index (κ1) is 17.3. The summed E-state index contributed by atoms with van der Waals surface area (Å²) in [6, 6.07) is 10.7. The van der Waals surface area contributed by atoms with Crippen molar-refractivity contribution in [1.29, 1.82) is 0 Å². The molecule has 0 saturated carbocycles. The van der Waals surface area contributed by atoms with Gasteiger partial charge in [-0.15, -0.1) is 0 Å². The summed E-state index contributed by atoms with van der Waals surface area (Å²) in [7, 11) is 0. The van der Waals surface area contributed by atoms with Crippen molar-refractivity contribution in [1.82, 2.24) is 10.2 Å². The lowest BCUT2D eigenvalue weighted by atomic mass is 10.0. The highest BCUT2D eigenvalue weighted by molar-refractivity contribution is 5.14. The zero-order chi connectivity index (χ0) is 16.0. The van der Waals surface area contributed by atoms with Gasteiger partial charge in [-0.1, -0.05) is 30.3 Å². The van der Waals surface area contributed by atoms with Crippen LogP contribution in [0.3, 0.4) is 0 Å². The minimum atomic E-state index is -4.08. The molecule has 1 aliphatic heterocycles. The fourth-order valence-corrected chi connectivity index (χ4v) is 2.97. The van der Waals surface area contributed by atoms with Crippen LogP contribution in [0.25, 0.3) is 0 Å². The largest absolute Gasteiger partial charge is 0.401 e. The second-order valence-corrected chi connectivity index (χ2v) is 6.34. The van der Waals surface area contributed by atoms with Gasteiger partial charge in [-0.2, -0.15) is 13.2 Å². The second kappa shape index (κ2) is 7.97. The first-order valence-corrected chi connectivity index (χ1v) is 7.99. The molecule has 1 aliphatic rings. The quantitative estimate of drug-likeness (QED) is 0.829. The molecule has 1 aromatic carbocycles. The number of halogens is 3. The van der Waals surface area contributed by atoms with Crippen molar-refractivity contribution in [2.24, 2.45) is 5.92 Å². The Balaban J connectivity index is 1.62. The van der Waals surface area contributed by atoms with Crippen molar-refractivity contribution < 1.29 is 13.2 Å². The third-order valence-electron chi connectivity index (χ3n) is 4.24. The van der Waals surface area contributed by atoms with E-state index >= 15 is 0 Å². The Morgan fingerprint density at radius 3 is 2.68 bits per heavy atom. The van der Waals surface area contributed by atoms with Gasteiger partial charge in [0.15, 0.2) is 0 Å². The van der Waals surface area contributed by atoms with Gasteiger partial charge in [0, 0.05) is 12.6 Å². The lowest BCUT2D eigenvalue weighted by molar-refractivity contribution is -0.143. The minimum Gasteiger partial charge on any atom is -0.314 e. The molecular formula is C17H25F3N2. The van der Waals surface area contributed by atoms with Gasteiger partial charge >= 0.3 is 6.18 Å². The molecule has 2 rings (SSSR count). The fourth-order valence-electron chi connectivity index (χ4n) is 2.97. The molecule has 124 valence electrons. The van der Waals surface area contributed by atoms with E-state index in [2.05, 4.69) is 24.4 Å². The highest BCUT2D eigenvalue weighted by Crippen LogP contribution is 2.22. The van der Waals surface area contributed by atoms with Crippen LogP contribution in [0.15, 0.2) is 30.3 Å². The Hall–Kier alpha value is -1.07. The second-order valence-electron chi connectivity index (χ2n) is 6.34. The summed E-state index contributed by atoms with van der Waals surface area (Å²) in [6.45, 7) is 3.30. The van der Waals surface area contributed by atoms with Gasteiger partial charge in [-0.05, 0) is 50.8 Å². The molecule has 2 nitrogen and oxygen atoms in total. The molecule has 0 aromatic heterocycles. The normalized spacial score (nSPS) is 21.2. The molecule has 1 aromatic rings. The van der Waals surface area contributed by atoms with Gasteiger partial charge in [0.2, 0.25) is 0 Å². The topological polar surface area (TPSA) is 15.3 Å². The highest BCUT2D eigenvalue weighted by Gasteiger charge is 2.34. The molecule has 22 heavy (non-hydrogen) atoms. The Morgan fingerprint density at radius 1 is 1.27 bits per heavy atom. The van der Waals surface area contributed by atoms with Crippen molar-refractivity contribution in [3.05, 3.63) is 35.9 Å². The van der Waals surface area contributed by atoms with E-state index in [1.807, 2.05) is 18.2 Å². The predicted octanol–water partition coefficient (Wildman–Crippen LogP) is 3.48. The van der Waals surface area contributed by atoms with Crippen molar-refractivity contribution in [3.63, 3.8) is 0 Å². The van der Waals surface area contributed by atoms with Gasteiger partial charge in [0.25, 0.3) is 0 Å². The van der Waals surface area contributed by atoms with Crippen LogP contribution in [0.4, 0.5) is 13.2 Å². The van der Waals surface area contributed by atoms with Crippen molar-refractivity contribution in [2.75, 3.05) is 26.2 Å². The van der Waals surface area contributed by atoms with Crippen molar-refractivity contribution in [3.8, 4) is 0 Å². The summed E-state index contributed by atoms with van der Waals surface area (Å²) in [4.78, 5) is 1.51. The Labute approximate surface area is 130 Å². The van der Waals surface area contributed by atoms with E-state index in [0.29, 0.717) is 25.0 Å². The first-order chi connectivity index (χ1) is 10.4. The van der Waals surface area contributed by atoms with E-state index in [-0.39, 0.29) is 0 Å². The molecule has 0 aliphatic carbocycles. The van der Waals surface area contributed by atoms with Gasteiger partial charge in [0.05, 0.1) is 6.54 Å². The highest BCUT2D eigenvalue weighted by atomic mass is 19.4. The molecule has 1 fully saturated rings. The molecular weight excluding hydrogens is 289 g/mol. The van der Waals surface area contributed by atoms with Crippen LogP contribution in [-0.2, 0) is 6.42 Å². The van der Waals surface area contributed by atoms with E-state index in [4.69, 9.17) is 0 Å². The van der Waals surface area contributed by atoms with Crippen LogP contribution in [0.5, 0.6) is 0 Å². The average Bonchev–Trinajstić information content (AvgIpc) is 2.89. The molecule has 0 amide bonds. The Morgan fingerprint density at radius 2 is 2.00 bits per heavy atom. The number of hydrogen-bond acceptors (Lipinski definition) is 2. The van der Waals surface area contributed by atoms with Gasteiger partial charge in [-0.3, -0.25) is 4.90 Å². The van der Waals surface area contributed by atoms with Crippen LogP contribution >= 0.6 is 0 Å². The average molecular weight is 314 g/mol. The van der Waals surface area contributed by atoms with E-state index < -0.39 is 12.7 Å². The monoisotopic (exact) mass is 314 g/mol. The smallest absolute Gasteiger partial charge is 0.314 e. The molecule has 1 saturated heterocycles. The fraction of sp³-hybridized carbons (Fsp3) is 0.647. The molecule has 1 N–H and O–H groups in total. The van der Waals surface area contributed by atoms with Gasteiger partial charge in [-0.25, -0.2) is 0 Å². The Kier molecular flexibility index (Phi) is 6.26. The number of benzene rings is 1. The summed E-state index contributed by atoms with van der Waals surface area (Å²) < 4.78 is 37.1. The maximum Gasteiger partial charge on any atom is 0.401 e. The number of alkyl halides is 3. The molecule has 1 heterocycles. The van der Waals surface area contributed by atoms with Gasteiger partial charge in [0.1, 0.15) is 0 Å². The van der Waals surface area contributed by atoms with E-state index in [0.717, 1.165) is 25.8 Å².